The molecule has 2 aromatic rings. The van der Waals surface area contributed by atoms with E-state index in [0.29, 0.717) is 38.1 Å². The lowest BCUT2D eigenvalue weighted by Gasteiger charge is -2.12. The van der Waals surface area contributed by atoms with Crippen LogP contribution in [0.2, 0.25) is 0 Å². The zero-order valence-electron chi connectivity index (χ0n) is 16.4. The van der Waals surface area contributed by atoms with Crippen LogP contribution in [0.15, 0.2) is 47.6 Å². The van der Waals surface area contributed by atoms with Gasteiger partial charge in [0.25, 0.3) is 0 Å². The lowest BCUT2D eigenvalue weighted by Crippen LogP contribution is -2.36. The van der Waals surface area contributed by atoms with E-state index in [0.717, 1.165) is 11.1 Å². The lowest BCUT2D eigenvalue weighted by molar-refractivity contribution is -0.153. The largest absolute Gasteiger partial charge is 0.484 e. The molecule has 1 heterocycles. The molecule has 1 aromatic heterocycles. The number of nitrogens with zero attached hydrogens (tertiary/aromatic N) is 2. The molecule has 2 N–H and O–H groups in total. The van der Waals surface area contributed by atoms with Crippen LogP contribution in [0.25, 0.3) is 0 Å². The first-order chi connectivity index (χ1) is 13.9. The maximum Gasteiger partial charge on any atom is 0.422 e. The first-order valence-corrected chi connectivity index (χ1v) is 9.28. The molecule has 2 rings (SSSR count). The molecular formula is C20H25F3N4O2. The number of aliphatic imine (C=N–C) groups is 1. The molecule has 0 saturated heterocycles. The predicted molar refractivity (Wildman–Crippen MR) is 105 cm³/mol. The Morgan fingerprint density at radius 2 is 1.79 bits per heavy atom. The summed E-state index contributed by atoms with van der Waals surface area (Å²) in [6, 6.07) is 10.2. The Bertz CT molecular complexity index is 780. The Balaban J connectivity index is 1.91. The Kier molecular flexibility index (Phi) is 8.57. The highest BCUT2D eigenvalue weighted by Gasteiger charge is 2.28. The Morgan fingerprint density at radius 1 is 1.03 bits per heavy atom. The molecule has 0 atom stereocenters. The molecule has 0 aliphatic heterocycles. The van der Waals surface area contributed by atoms with Crippen LogP contribution in [0.5, 0.6) is 11.6 Å². The minimum atomic E-state index is -4.35. The van der Waals surface area contributed by atoms with Crippen LogP contribution < -0.4 is 20.1 Å². The zero-order chi connectivity index (χ0) is 21.1. The summed E-state index contributed by atoms with van der Waals surface area (Å²) in [5.41, 5.74) is 1.85. The molecule has 0 aliphatic rings. The molecule has 9 heteroatoms. The Hall–Kier alpha value is -2.97. The van der Waals surface area contributed by atoms with Crippen molar-refractivity contribution >= 4 is 5.96 Å². The van der Waals surface area contributed by atoms with Gasteiger partial charge >= 0.3 is 6.18 Å². The number of ether oxygens (including phenoxy) is 2. The van der Waals surface area contributed by atoms with E-state index < -0.39 is 12.8 Å². The number of aromatic nitrogens is 1. The number of pyridine rings is 1. The van der Waals surface area contributed by atoms with Crippen molar-refractivity contribution in [2.24, 2.45) is 4.99 Å². The van der Waals surface area contributed by atoms with Crippen molar-refractivity contribution in [3.8, 4) is 11.6 Å². The van der Waals surface area contributed by atoms with Gasteiger partial charge < -0.3 is 20.1 Å². The molecule has 1 aromatic carbocycles. The van der Waals surface area contributed by atoms with Gasteiger partial charge in [0.15, 0.2) is 12.6 Å². The summed E-state index contributed by atoms with van der Waals surface area (Å²) in [5, 5.41) is 6.35. The summed E-state index contributed by atoms with van der Waals surface area (Å²) in [5.74, 6) is 1.36. The van der Waals surface area contributed by atoms with Crippen molar-refractivity contribution in [1.82, 2.24) is 15.6 Å². The fourth-order valence-electron chi connectivity index (χ4n) is 2.34. The van der Waals surface area contributed by atoms with Gasteiger partial charge in [0.05, 0.1) is 13.2 Å². The second-order valence-electron chi connectivity index (χ2n) is 6.03. The maximum absolute atomic E-state index is 12.2. The van der Waals surface area contributed by atoms with Gasteiger partial charge in [0.1, 0.15) is 5.75 Å². The van der Waals surface area contributed by atoms with Crippen LogP contribution in [-0.2, 0) is 13.1 Å². The maximum atomic E-state index is 12.2. The number of hydrogen-bond acceptors (Lipinski definition) is 4. The lowest BCUT2D eigenvalue weighted by atomic mass is 10.2. The van der Waals surface area contributed by atoms with E-state index in [-0.39, 0.29) is 5.75 Å². The Labute approximate surface area is 168 Å². The van der Waals surface area contributed by atoms with Crippen LogP contribution in [-0.4, -0.2) is 36.9 Å². The number of alkyl halides is 3. The molecule has 158 valence electrons. The van der Waals surface area contributed by atoms with Gasteiger partial charge in [-0.2, -0.15) is 13.2 Å². The molecule has 0 amide bonds. The second kappa shape index (κ2) is 11.1. The minimum Gasteiger partial charge on any atom is -0.484 e. The van der Waals surface area contributed by atoms with Crippen molar-refractivity contribution in [1.29, 1.82) is 0 Å². The van der Waals surface area contributed by atoms with Crippen LogP contribution in [0.1, 0.15) is 25.0 Å². The van der Waals surface area contributed by atoms with E-state index in [1.54, 1.807) is 18.3 Å². The van der Waals surface area contributed by atoms with Gasteiger partial charge in [-0.1, -0.05) is 12.1 Å². The summed E-state index contributed by atoms with van der Waals surface area (Å²) >= 11 is 0. The molecule has 0 fully saturated rings. The van der Waals surface area contributed by atoms with E-state index in [1.165, 1.54) is 12.1 Å². The summed E-state index contributed by atoms with van der Waals surface area (Å²) in [6.07, 6.45) is -2.67. The average molecular weight is 410 g/mol. The molecule has 6 nitrogen and oxygen atoms in total. The first-order valence-electron chi connectivity index (χ1n) is 9.28. The minimum absolute atomic E-state index is 0.175. The van der Waals surface area contributed by atoms with E-state index >= 15 is 0 Å². The van der Waals surface area contributed by atoms with Gasteiger partial charge in [-0.25, -0.2) is 9.98 Å². The third-order valence-electron chi connectivity index (χ3n) is 3.64. The smallest absolute Gasteiger partial charge is 0.422 e. The summed E-state index contributed by atoms with van der Waals surface area (Å²) in [7, 11) is 0. The number of hydrogen-bond donors (Lipinski definition) is 2. The average Bonchev–Trinajstić information content (AvgIpc) is 2.69. The zero-order valence-corrected chi connectivity index (χ0v) is 16.4. The fraction of sp³-hybridized carbons (Fsp3) is 0.400. The summed E-state index contributed by atoms with van der Waals surface area (Å²) < 4.78 is 46.7. The van der Waals surface area contributed by atoms with Crippen molar-refractivity contribution in [2.75, 3.05) is 19.8 Å². The topological polar surface area (TPSA) is 67.8 Å². The third kappa shape index (κ3) is 8.71. The first kappa shape index (κ1) is 22.3. The van der Waals surface area contributed by atoms with Gasteiger partial charge in [-0.15, -0.1) is 0 Å². The van der Waals surface area contributed by atoms with E-state index in [9.17, 15) is 13.2 Å². The molecule has 0 aliphatic carbocycles. The third-order valence-corrected chi connectivity index (χ3v) is 3.64. The highest BCUT2D eigenvalue weighted by atomic mass is 19.4. The standard InChI is InChI=1S/C20H25F3N4O2/c1-3-24-19(27-13-16-9-10-25-18(11-16)28-4-2)26-12-15-5-7-17(8-6-15)29-14-20(21,22)23/h5-11H,3-4,12-14H2,1-2H3,(H2,24,26,27). The monoisotopic (exact) mass is 410 g/mol. The van der Waals surface area contributed by atoms with E-state index in [1.807, 2.05) is 26.0 Å². The number of benzene rings is 1. The van der Waals surface area contributed by atoms with Gasteiger partial charge in [-0.3, -0.25) is 0 Å². The predicted octanol–water partition coefficient (Wildman–Crippen LogP) is 3.68. The number of rotatable bonds is 9. The van der Waals surface area contributed by atoms with Crippen LogP contribution in [0, 0.1) is 0 Å². The highest BCUT2D eigenvalue weighted by molar-refractivity contribution is 5.79. The van der Waals surface area contributed by atoms with Crippen LogP contribution >= 0.6 is 0 Å². The fourth-order valence-corrected chi connectivity index (χ4v) is 2.34. The highest BCUT2D eigenvalue weighted by Crippen LogP contribution is 2.18. The quantitative estimate of drug-likeness (QED) is 0.488. The molecule has 29 heavy (non-hydrogen) atoms. The number of nitrogens with one attached hydrogen (secondary N) is 2. The van der Waals surface area contributed by atoms with Crippen molar-refractivity contribution in [3.63, 3.8) is 0 Å². The van der Waals surface area contributed by atoms with E-state index in [4.69, 9.17) is 9.47 Å². The second-order valence-corrected chi connectivity index (χ2v) is 6.03. The molecule has 0 spiro atoms. The molecule has 0 bridgehead atoms. The molecule has 0 radical (unpaired) electrons. The normalized spacial score (nSPS) is 11.8. The Morgan fingerprint density at radius 3 is 2.45 bits per heavy atom. The number of guanidine groups is 1. The van der Waals surface area contributed by atoms with E-state index in [2.05, 4.69) is 20.6 Å². The van der Waals surface area contributed by atoms with Gasteiger partial charge in [-0.05, 0) is 43.2 Å². The van der Waals surface area contributed by atoms with Crippen molar-refractivity contribution < 1.29 is 22.6 Å². The van der Waals surface area contributed by atoms with Crippen molar-refractivity contribution in [3.05, 3.63) is 53.7 Å². The molecule has 0 unspecified atom stereocenters. The van der Waals surface area contributed by atoms with Gasteiger partial charge in [0.2, 0.25) is 5.88 Å². The molecular weight excluding hydrogens is 385 g/mol. The molecule has 0 saturated carbocycles. The SMILES string of the molecule is CCNC(=NCc1ccnc(OCC)c1)NCc1ccc(OCC(F)(F)F)cc1. The van der Waals surface area contributed by atoms with Crippen LogP contribution in [0.3, 0.4) is 0 Å². The number of halogens is 3. The van der Waals surface area contributed by atoms with Crippen LogP contribution in [0.4, 0.5) is 13.2 Å². The van der Waals surface area contributed by atoms with Gasteiger partial charge in [0, 0.05) is 25.4 Å². The van der Waals surface area contributed by atoms with Crippen molar-refractivity contribution in [2.45, 2.75) is 33.1 Å². The summed E-state index contributed by atoms with van der Waals surface area (Å²) in [6.45, 7) is 4.70. The summed E-state index contributed by atoms with van der Waals surface area (Å²) in [4.78, 5) is 8.66.